The predicted octanol–water partition coefficient (Wildman–Crippen LogP) is 3.44. The highest BCUT2D eigenvalue weighted by Crippen LogP contribution is 2.27. The molecule has 1 aromatic heterocycles. The number of benzene rings is 1. The van der Waals surface area contributed by atoms with Crippen LogP contribution < -0.4 is 5.32 Å². The Morgan fingerprint density at radius 3 is 2.73 bits per heavy atom. The molecule has 26 heavy (non-hydrogen) atoms. The number of hydrogen-bond acceptors (Lipinski definition) is 3. The monoisotopic (exact) mass is 353 g/mol. The largest absolute Gasteiger partial charge is 0.379 e. The van der Waals surface area contributed by atoms with Crippen LogP contribution in [0.25, 0.3) is 5.69 Å². The van der Waals surface area contributed by atoms with Gasteiger partial charge in [0.15, 0.2) is 5.69 Å². The van der Waals surface area contributed by atoms with Crippen molar-refractivity contribution >= 4 is 5.91 Å². The SMILES string of the molecule is COC1CCCC1NC(=O)c1nn(-c2ccccc2)c2c1CCCCC2. The number of para-hydroxylation sites is 1. The number of nitrogens with one attached hydrogen (secondary N) is 1. The summed E-state index contributed by atoms with van der Waals surface area (Å²) < 4.78 is 7.51. The molecule has 1 aromatic carbocycles. The summed E-state index contributed by atoms with van der Waals surface area (Å²) in [5.41, 5.74) is 3.97. The summed E-state index contributed by atoms with van der Waals surface area (Å²) >= 11 is 0. The van der Waals surface area contributed by atoms with Crippen LogP contribution in [0.4, 0.5) is 0 Å². The van der Waals surface area contributed by atoms with Crippen molar-refractivity contribution in [1.29, 1.82) is 0 Å². The molecule has 2 atom stereocenters. The Hall–Kier alpha value is -2.14. The Morgan fingerprint density at radius 1 is 1.12 bits per heavy atom. The van der Waals surface area contributed by atoms with Crippen LogP contribution in [0.3, 0.4) is 0 Å². The fourth-order valence-electron chi connectivity index (χ4n) is 4.35. The summed E-state index contributed by atoms with van der Waals surface area (Å²) in [7, 11) is 1.73. The minimum atomic E-state index is -0.0493. The van der Waals surface area contributed by atoms with Gasteiger partial charge in [-0.05, 0) is 57.1 Å². The quantitative estimate of drug-likeness (QED) is 0.857. The molecule has 1 N–H and O–H groups in total. The predicted molar refractivity (Wildman–Crippen MR) is 101 cm³/mol. The van der Waals surface area contributed by atoms with Gasteiger partial charge in [0.2, 0.25) is 0 Å². The lowest BCUT2D eigenvalue weighted by Crippen LogP contribution is -2.41. The number of carbonyl (C=O) groups excluding carboxylic acids is 1. The van der Waals surface area contributed by atoms with E-state index in [0.29, 0.717) is 5.69 Å². The summed E-state index contributed by atoms with van der Waals surface area (Å²) in [6, 6.07) is 10.2. The van der Waals surface area contributed by atoms with E-state index >= 15 is 0 Å². The smallest absolute Gasteiger partial charge is 0.272 e. The van der Waals surface area contributed by atoms with Crippen molar-refractivity contribution in [3.63, 3.8) is 0 Å². The second-order valence-corrected chi connectivity index (χ2v) is 7.37. The molecule has 0 radical (unpaired) electrons. The van der Waals surface area contributed by atoms with E-state index in [4.69, 9.17) is 9.84 Å². The molecule has 2 aliphatic rings. The molecule has 1 amide bonds. The van der Waals surface area contributed by atoms with Crippen molar-refractivity contribution in [3.8, 4) is 5.69 Å². The first-order chi connectivity index (χ1) is 12.8. The molecule has 2 aromatic rings. The molecule has 2 unspecified atom stereocenters. The molecule has 1 heterocycles. The second kappa shape index (κ2) is 7.62. The number of rotatable bonds is 4. The number of amides is 1. The van der Waals surface area contributed by atoms with E-state index in [-0.39, 0.29) is 18.1 Å². The second-order valence-electron chi connectivity index (χ2n) is 7.37. The zero-order valence-electron chi connectivity index (χ0n) is 15.4. The van der Waals surface area contributed by atoms with E-state index in [1.54, 1.807) is 7.11 Å². The van der Waals surface area contributed by atoms with Crippen molar-refractivity contribution in [1.82, 2.24) is 15.1 Å². The van der Waals surface area contributed by atoms with Gasteiger partial charge < -0.3 is 10.1 Å². The third kappa shape index (κ3) is 3.28. The zero-order valence-corrected chi connectivity index (χ0v) is 15.4. The molecule has 0 bridgehead atoms. The third-order valence-corrected chi connectivity index (χ3v) is 5.72. The van der Waals surface area contributed by atoms with Crippen LogP contribution in [-0.4, -0.2) is 34.9 Å². The van der Waals surface area contributed by atoms with Crippen molar-refractivity contribution in [2.75, 3.05) is 7.11 Å². The highest BCUT2D eigenvalue weighted by atomic mass is 16.5. The molecule has 0 saturated heterocycles. The maximum absolute atomic E-state index is 13.0. The van der Waals surface area contributed by atoms with E-state index in [1.165, 1.54) is 12.1 Å². The van der Waals surface area contributed by atoms with Gasteiger partial charge in [-0.2, -0.15) is 5.10 Å². The fourth-order valence-corrected chi connectivity index (χ4v) is 4.35. The van der Waals surface area contributed by atoms with Gasteiger partial charge in [0.25, 0.3) is 5.91 Å². The Kier molecular flexibility index (Phi) is 5.07. The average molecular weight is 353 g/mol. The minimum absolute atomic E-state index is 0.0493. The van der Waals surface area contributed by atoms with Gasteiger partial charge in [-0.3, -0.25) is 4.79 Å². The Balaban J connectivity index is 1.67. The summed E-state index contributed by atoms with van der Waals surface area (Å²) in [6.45, 7) is 0. The summed E-state index contributed by atoms with van der Waals surface area (Å²) in [6.07, 6.45) is 8.60. The van der Waals surface area contributed by atoms with Gasteiger partial charge in [0.1, 0.15) is 0 Å². The number of nitrogens with zero attached hydrogens (tertiary/aromatic N) is 2. The lowest BCUT2D eigenvalue weighted by Gasteiger charge is -2.19. The first-order valence-corrected chi connectivity index (χ1v) is 9.78. The Morgan fingerprint density at radius 2 is 1.92 bits per heavy atom. The number of aromatic nitrogens is 2. The lowest BCUT2D eigenvalue weighted by atomic mass is 10.1. The van der Waals surface area contributed by atoms with Crippen molar-refractivity contribution in [2.45, 2.75) is 63.5 Å². The Bertz CT molecular complexity index is 769. The zero-order chi connectivity index (χ0) is 17.9. The highest BCUT2D eigenvalue weighted by molar-refractivity contribution is 5.94. The van der Waals surface area contributed by atoms with Gasteiger partial charge in [0.05, 0.1) is 17.8 Å². The standard InChI is InChI=1S/C21H27N3O2/c1-26-19-14-8-12-17(19)22-21(25)20-16-11-6-3-7-13-18(16)24(23-20)15-9-4-2-5-10-15/h2,4-5,9-10,17,19H,3,6-8,11-14H2,1H3,(H,22,25). The molecule has 1 saturated carbocycles. The Labute approximate surface area is 154 Å². The van der Waals surface area contributed by atoms with E-state index in [0.717, 1.165) is 56.2 Å². The first kappa shape index (κ1) is 17.3. The average Bonchev–Trinajstić information content (AvgIpc) is 3.19. The van der Waals surface area contributed by atoms with Gasteiger partial charge in [-0.15, -0.1) is 0 Å². The number of carbonyl (C=O) groups is 1. The molecule has 0 aliphatic heterocycles. The minimum Gasteiger partial charge on any atom is -0.379 e. The van der Waals surface area contributed by atoms with E-state index in [9.17, 15) is 4.79 Å². The van der Waals surface area contributed by atoms with E-state index in [1.807, 2.05) is 22.9 Å². The fraction of sp³-hybridized carbons (Fsp3) is 0.524. The molecule has 5 heteroatoms. The number of fused-ring (bicyclic) bond motifs is 1. The molecule has 5 nitrogen and oxygen atoms in total. The van der Waals surface area contributed by atoms with Crippen molar-refractivity contribution < 1.29 is 9.53 Å². The van der Waals surface area contributed by atoms with Gasteiger partial charge in [0, 0.05) is 18.4 Å². The summed E-state index contributed by atoms with van der Waals surface area (Å²) in [5.74, 6) is -0.0493. The van der Waals surface area contributed by atoms with Crippen LogP contribution in [0.5, 0.6) is 0 Å². The van der Waals surface area contributed by atoms with Crippen molar-refractivity contribution in [2.24, 2.45) is 0 Å². The van der Waals surface area contributed by atoms with Gasteiger partial charge in [-0.1, -0.05) is 24.6 Å². The van der Waals surface area contributed by atoms with Crippen LogP contribution >= 0.6 is 0 Å². The van der Waals surface area contributed by atoms with E-state index < -0.39 is 0 Å². The third-order valence-electron chi connectivity index (χ3n) is 5.72. The number of methoxy groups -OCH3 is 1. The number of ether oxygens (including phenoxy) is 1. The summed E-state index contributed by atoms with van der Waals surface area (Å²) in [4.78, 5) is 13.0. The van der Waals surface area contributed by atoms with Gasteiger partial charge in [-0.25, -0.2) is 4.68 Å². The molecule has 138 valence electrons. The maximum Gasteiger partial charge on any atom is 0.272 e. The van der Waals surface area contributed by atoms with Crippen LogP contribution in [0, 0.1) is 0 Å². The van der Waals surface area contributed by atoms with Crippen LogP contribution in [0.1, 0.15) is 60.3 Å². The molecular weight excluding hydrogens is 326 g/mol. The lowest BCUT2D eigenvalue weighted by molar-refractivity contribution is 0.0718. The number of hydrogen-bond donors (Lipinski definition) is 1. The summed E-state index contributed by atoms with van der Waals surface area (Å²) in [5, 5.41) is 7.95. The van der Waals surface area contributed by atoms with E-state index in [2.05, 4.69) is 17.4 Å². The highest BCUT2D eigenvalue weighted by Gasteiger charge is 2.31. The maximum atomic E-state index is 13.0. The molecular formula is C21H27N3O2. The molecule has 4 rings (SSSR count). The molecule has 2 aliphatic carbocycles. The van der Waals surface area contributed by atoms with Crippen LogP contribution in [0.2, 0.25) is 0 Å². The van der Waals surface area contributed by atoms with Crippen molar-refractivity contribution in [3.05, 3.63) is 47.3 Å². The topological polar surface area (TPSA) is 56.1 Å². The normalized spacial score (nSPS) is 22.7. The molecule has 1 fully saturated rings. The van der Waals surface area contributed by atoms with Crippen LogP contribution in [0.15, 0.2) is 30.3 Å². The molecule has 0 spiro atoms. The van der Waals surface area contributed by atoms with Crippen LogP contribution in [-0.2, 0) is 17.6 Å². The first-order valence-electron chi connectivity index (χ1n) is 9.78. The van der Waals surface area contributed by atoms with Gasteiger partial charge >= 0.3 is 0 Å².